The smallest absolute Gasteiger partial charge is 0.386 e. The fraction of sp³-hybridized carbons (Fsp3) is 0.500. The first-order chi connectivity index (χ1) is 17.3. The van der Waals surface area contributed by atoms with E-state index < -0.39 is 77.0 Å². The van der Waals surface area contributed by atoms with Crippen molar-refractivity contribution in [3.05, 3.63) is 28.2 Å². The van der Waals surface area contributed by atoms with Gasteiger partial charge in [-0.1, -0.05) is 11.8 Å². The summed E-state index contributed by atoms with van der Waals surface area (Å²) in [5.41, 5.74) is -4.07. The SMILES string of the molecule is Cc1nc2c(c(F)cn2[C@@H]2O[C@H]([C@@H](C)OP(=O)(O)OP(=O)(O)OP(=O)(O)O)[C@H](O)C2(O)C#CCF)c(=O)[nH]1. The van der Waals surface area contributed by atoms with Gasteiger partial charge in [0.1, 0.15) is 30.1 Å². The van der Waals surface area contributed by atoms with E-state index >= 15 is 0 Å². The molecule has 17 nitrogen and oxygen atoms in total. The summed E-state index contributed by atoms with van der Waals surface area (Å²) in [6, 6.07) is 0. The monoisotopic (exact) mass is 609 g/mol. The minimum absolute atomic E-state index is 0.0105. The van der Waals surface area contributed by atoms with Crippen LogP contribution < -0.4 is 5.56 Å². The highest BCUT2D eigenvalue weighted by molar-refractivity contribution is 7.66. The number of halogens is 2. The third-order valence-corrected chi connectivity index (χ3v) is 8.89. The number of phosphoric acid groups is 3. The molecule has 0 spiro atoms. The zero-order valence-electron chi connectivity index (χ0n) is 19.0. The fourth-order valence-electron chi connectivity index (χ4n) is 3.65. The van der Waals surface area contributed by atoms with E-state index in [0.29, 0.717) is 6.20 Å². The third-order valence-electron chi connectivity index (χ3n) is 4.97. The maximum Gasteiger partial charge on any atom is 0.490 e. The second kappa shape index (κ2) is 10.6. The first-order valence-electron chi connectivity index (χ1n) is 10.0. The van der Waals surface area contributed by atoms with Gasteiger partial charge in [0.2, 0.25) is 0 Å². The van der Waals surface area contributed by atoms with Crippen LogP contribution in [0.4, 0.5) is 8.78 Å². The Hall–Kier alpha value is -1.87. The first-order valence-corrected chi connectivity index (χ1v) is 14.5. The standard InChI is InChI=1S/C16H20F2N3O14P3/c1-7(33-37(28,29)35-38(30,31)34-36(25,26)27)11-12(22)16(24,4-3-5-17)15(32-11)21-6-9(18)10-13(21)19-8(2)20-14(10)23/h6-7,11-12,15,22,24H,5H2,1-2H3,(H,28,29)(H,30,31)(H,19,20,23)(H2,25,26,27)/t7-,11-,12+,15-,16?/m1/s1. The largest absolute Gasteiger partial charge is 0.490 e. The number of fused-ring (bicyclic) bond motifs is 1. The van der Waals surface area contributed by atoms with E-state index in [4.69, 9.17) is 14.5 Å². The van der Waals surface area contributed by atoms with E-state index in [2.05, 4.69) is 23.1 Å². The number of nitrogens with zero attached hydrogens (tertiary/aromatic N) is 2. The number of H-pyrrole nitrogens is 1. The maximum absolute atomic E-state index is 14.6. The number of nitrogens with one attached hydrogen (secondary N) is 1. The molecule has 22 heteroatoms. The summed E-state index contributed by atoms with van der Waals surface area (Å²) in [6.07, 6.45) is -7.22. The van der Waals surface area contributed by atoms with Crippen LogP contribution in [0.25, 0.3) is 11.0 Å². The molecule has 212 valence electrons. The summed E-state index contributed by atoms with van der Waals surface area (Å²) in [5.74, 6) is 2.76. The molecule has 2 aromatic heterocycles. The van der Waals surface area contributed by atoms with Crippen molar-refractivity contribution in [2.75, 3.05) is 6.67 Å². The molecule has 0 radical (unpaired) electrons. The maximum atomic E-state index is 14.6. The van der Waals surface area contributed by atoms with Gasteiger partial charge in [-0.15, -0.1) is 0 Å². The van der Waals surface area contributed by atoms with Gasteiger partial charge in [-0.3, -0.25) is 13.9 Å². The molecule has 7 atom stereocenters. The molecule has 0 amide bonds. The van der Waals surface area contributed by atoms with Crippen molar-refractivity contribution in [1.29, 1.82) is 0 Å². The predicted octanol–water partition coefficient (Wildman–Crippen LogP) is -0.134. The minimum atomic E-state index is -5.88. The highest BCUT2D eigenvalue weighted by atomic mass is 31.3. The fourth-order valence-corrected chi connectivity index (χ4v) is 6.85. The Kier molecular flexibility index (Phi) is 8.56. The van der Waals surface area contributed by atoms with Crippen molar-refractivity contribution >= 4 is 34.5 Å². The summed E-state index contributed by atoms with van der Waals surface area (Å²) in [7, 11) is -17.3. The molecular formula is C16H20F2N3O14P3. The molecule has 0 bridgehead atoms. The van der Waals surface area contributed by atoms with Gasteiger partial charge in [0.15, 0.2) is 23.3 Å². The summed E-state index contributed by atoms with van der Waals surface area (Å²) >= 11 is 0. The van der Waals surface area contributed by atoms with Crippen molar-refractivity contribution in [3.63, 3.8) is 0 Å². The van der Waals surface area contributed by atoms with E-state index in [-0.39, 0.29) is 11.5 Å². The van der Waals surface area contributed by atoms with Gasteiger partial charge >= 0.3 is 23.5 Å². The number of alkyl halides is 1. The predicted molar refractivity (Wildman–Crippen MR) is 118 cm³/mol. The third kappa shape index (κ3) is 6.46. The summed E-state index contributed by atoms with van der Waals surface area (Å²) in [6.45, 7) is 0.962. The lowest BCUT2D eigenvalue weighted by Gasteiger charge is -2.27. The zero-order valence-corrected chi connectivity index (χ0v) is 21.7. The Bertz CT molecular complexity index is 1500. The van der Waals surface area contributed by atoms with Crippen LogP contribution in [0.5, 0.6) is 0 Å². The highest BCUT2D eigenvalue weighted by Crippen LogP contribution is 2.66. The molecule has 0 aliphatic carbocycles. The van der Waals surface area contributed by atoms with E-state index in [0.717, 1.165) is 11.5 Å². The van der Waals surface area contributed by atoms with Gasteiger partial charge in [0.25, 0.3) is 5.56 Å². The van der Waals surface area contributed by atoms with Crippen LogP contribution in [0.1, 0.15) is 19.0 Å². The number of aliphatic hydroxyl groups excluding tert-OH is 1. The highest BCUT2D eigenvalue weighted by Gasteiger charge is 2.58. The zero-order chi connectivity index (χ0) is 28.8. The number of ether oxygens (including phenoxy) is 1. The number of hydrogen-bond acceptors (Lipinski definition) is 11. The molecule has 0 aromatic carbocycles. The van der Waals surface area contributed by atoms with Gasteiger partial charge in [0.05, 0.1) is 6.10 Å². The van der Waals surface area contributed by atoms with Gasteiger partial charge in [0, 0.05) is 6.20 Å². The van der Waals surface area contributed by atoms with Gasteiger partial charge in [-0.25, -0.2) is 27.5 Å². The van der Waals surface area contributed by atoms with E-state index in [9.17, 15) is 47.3 Å². The Morgan fingerprint density at radius 2 is 1.89 bits per heavy atom. The minimum Gasteiger partial charge on any atom is -0.386 e. The normalized spacial score (nSPS) is 27.9. The number of aryl methyl sites for hydroxylation is 1. The van der Waals surface area contributed by atoms with E-state index in [1.54, 1.807) is 0 Å². The average molecular weight is 609 g/mol. The molecule has 1 aliphatic rings. The summed E-state index contributed by atoms with van der Waals surface area (Å²) in [4.78, 5) is 54.7. The number of aliphatic hydroxyl groups is 2. The number of phosphoric ester groups is 1. The van der Waals surface area contributed by atoms with Crippen molar-refractivity contribution in [2.45, 2.75) is 44.0 Å². The van der Waals surface area contributed by atoms with Crippen LogP contribution in [0.3, 0.4) is 0 Å². The summed E-state index contributed by atoms with van der Waals surface area (Å²) < 4.78 is 80.0. The lowest BCUT2D eigenvalue weighted by Crippen LogP contribution is -2.47. The Balaban J connectivity index is 1.99. The topological polar surface area (TPSA) is 260 Å². The molecule has 1 fully saturated rings. The molecular weight excluding hydrogens is 589 g/mol. The Morgan fingerprint density at radius 1 is 1.26 bits per heavy atom. The number of rotatable bonds is 8. The first kappa shape index (κ1) is 30.7. The molecule has 3 rings (SSSR count). The lowest BCUT2D eigenvalue weighted by molar-refractivity contribution is -0.0831. The molecule has 7 N–H and O–H groups in total. The molecule has 1 saturated heterocycles. The second-order valence-electron chi connectivity index (χ2n) is 7.79. The van der Waals surface area contributed by atoms with E-state index in [1.807, 2.05) is 11.8 Å². The Labute approximate surface area is 210 Å². The average Bonchev–Trinajstić information content (AvgIpc) is 3.17. The molecule has 3 unspecified atom stereocenters. The van der Waals surface area contributed by atoms with Crippen molar-refractivity contribution < 1.29 is 70.1 Å². The van der Waals surface area contributed by atoms with Gasteiger partial charge in [-0.2, -0.15) is 8.62 Å². The van der Waals surface area contributed by atoms with Crippen LogP contribution >= 0.6 is 23.5 Å². The van der Waals surface area contributed by atoms with Gasteiger partial charge < -0.3 is 39.5 Å². The van der Waals surface area contributed by atoms with Crippen LogP contribution in [0, 0.1) is 24.6 Å². The van der Waals surface area contributed by atoms with Crippen molar-refractivity contribution in [1.82, 2.24) is 14.5 Å². The molecule has 1 aliphatic heterocycles. The lowest BCUT2D eigenvalue weighted by atomic mass is 9.92. The van der Waals surface area contributed by atoms with Gasteiger partial charge in [-0.05, 0) is 13.8 Å². The second-order valence-corrected chi connectivity index (χ2v) is 12.2. The number of aromatic amines is 1. The molecule has 3 heterocycles. The Morgan fingerprint density at radius 3 is 2.47 bits per heavy atom. The molecule has 38 heavy (non-hydrogen) atoms. The quantitative estimate of drug-likeness (QED) is 0.152. The van der Waals surface area contributed by atoms with Crippen molar-refractivity contribution in [2.24, 2.45) is 0 Å². The number of hydrogen-bond donors (Lipinski definition) is 7. The number of aromatic nitrogens is 3. The molecule has 2 aromatic rings. The van der Waals surface area contributed by atoms with Crippen LogP contribution in [-0.2, 0) is 31.6 Å². The van der Waals surface area contributed by atoms with Crippen LogP contribution in [0.15, 0.2) is 11.0 Å². The summed E-state index contributed by atoms with van der Waals surface area (Å²) in [5, 5.41) is 21.4. The van der Waals surface area contributed by atoms with Crippen LogP contribution in [0.2, 0.25) is 0 Å². The van der Waals surface area contributed by atoms with Crippen LogP contribution in [-0.4, -0.2) is 74.9 Å². The van der Waals surface area contributed by atoms with E-state index in [1.165, 1.54) is 6.92 Å². The van der Waals surface area contributed by atoms with Crippen molar-refractivity contribution in [3.8, 4) is 11.8 Å². The molecule has 0 saturated carbocycles.